The molecule has 1 aliphatic heterocycles. The van der Waals surface area contributed by atoms with Crippen LogP contribution in [-0.2, 0) is 36.8 Å². The minimum absolute atomic E-state index is 0.0372. The molecule has 10 N–H and O–H groups in total. The van der Waals surface area contributed by atoms with Gasteiger partial charge in [-0.25, -0.2) is 4.79 Å². The molecule has 17 nitrogen and oxygen atoms in total. The van der Waals surface area contributed by atoms with Crippen LogP contribution in [0.25, 0.3) is 11.1 Å². The number of carbonyl (C=O) groups excluding carboxylic acids is 6. The van der Waals surface area contributed by atoms with Crippen LogP contribution >= 0.6 is 0 Å². The van der Waals surface area contributed by atoms with Crippen LogP contribution in [0.15, 0.2) is 84.9 Å². The number of nitrogens with one attached hydrogen (secondary N) is 4. The summed E-state index contributed by atoms with van der Waals surface area (Å²) in [6, 6.07) is 18.1. The first kappa shape index (κ1) is 54.1. The van der Waals surface area contributed by atoms with Gasteiger partial charge in [0.1, 0.15) is 60.7 Å². The molecule has 0 unspecified atom stereocenters. The summed E-state index contributed by atoms with van der Waals surface area (Å²) in [6.07, 6.45) is 6.63. The van der Waals surface area contributed by atoms with E-state index in [9.17, 15) is 28.8 Å². The van der Waals surface area contributed by atoms with Crippen molar-refractivity contribution in [3.05, 3.63) is 113 Å². The molecular weight excluding hydrogens is 893 g/mol. The second-order valence-corrected chi connectivity index (χ2v) is 17.6. The van der Waals surface area contributed by atoms with Crippen molar-refractivity contribution in [3.8, 4) is 28.4 Å². The average molecular weight is 963 g/mol. The number of hydrogen-bond donors (Lipinski definition) is 7. The van der Waals surface area contributed by atoms with E-state index < -0.39 is 65.7 Å². The zero-order chi connectivity index (χ0) is 50.7. The summed E-state index contributed by atoms with van der Waals surface area (Å²) in [6.45, 7) is 7.63. The van der Waals surface area contributed by atoms with E-state index in [-0.39, 0.29) is 51.4 Å². The van der Waals surface area contributed by atoms with Gasteiger partial charge in [-0.2, -0.15) is 0 Å². The fourth-order valence-corrected chi connectivity index (χ4v) is 8.25. The van der Waals surface area contributed by atoms with Crippen molar-refractivity contribution in [2.75, 3.05) is 39.9 Å². The number of aryl methyl sites for hydroxylation is 2. The molecule has 0 spiro atoms. The van der Waals surface area contributed by atoms with E-state index >= 15 is 0 Å². The maximum atomic E-state index is 14.7. The van der Waals surface area contributed by atoms with Crippen molar-refractivity contribution >= 4 is 35.5 Å². The van der Waals surface area contributed by atoms with Gasteiger partial charge in [0, 0.05) is 43.2 Å². The number of hydrogen-bond acceptors (Lipinski definition) is 12. The lowest BCUT2D eigenvalue weighted by molar-refractivity contribution is -0.141. The first-order valence-corrected chi connectivity index (χ1v) is 24.2. The number of rotatable bonds is 22. The van der Waals surface area contributed by atoms with E-state index in [1.54, 1.807) is 72.8 Å². The number of amides is 5. The Morgan fingerprint density at radius 3 is 2.11 bits per heavy atom. The summed E-state index contributed by atoms with van der Waals surface area (Å²) >= 11 is 0. The predicted octanol–water partition coefficient (Wildman–Crippen LogP) is 4.15. The monoisotopic (exact) mass is 963 g/mol. The molecule has 70 heavy (non-hydrogen) atoms. The first-order chi connectivity index (χ1) is 33.7. The van der Waals surface area contributed by atoms with Crippen LogP contribution in [-0.4, -0.2) is 104 Å². The quantitative estimate of drug-likeness (QED) is 0.0333. The van der Waals surface area contributed by atoms with Crippen molar-refractivity contribution in [2.45, 2.75) is 109 Å². The summed E-state index contributed by atoms with van der Waals surface area (Å²) < 4.78 is 17.7. The topological polar surface area (TPSA) is 260 Å². The molecule has 0 fully saturated rings. The van der Waals surface area contributed by atoms with Crippen molar-refractivity contribution in [1.29, 1.82) is 0 Å². The van der Waals surface area contributed by atoms with Crippen LogP contribution < -0.4 is 52.7 Å². The summed E-state index contributed by atoms with van der Waals surface area (Å²) in [5.41, 5.74) is 21.9. The van der Waals surface area contributed by atoms with Crippen LogP contribution in [0.5, 0.6) is 17.2 Å². The second-order valence-electron chi connectivity index (χ2n) is 17.6. The van der Waals surface area contributed by atoms with Gasteiger partial charge < -0.3 is 57.6 Å². The minimum atomic E-state index is -1.39. The van der Waals surface area contributed by atoms with E-state index in [0.29, 0.717) is 39.3 Å². The zero-order valence-corrected chi connectivity index (χ0v) is 41.0. The normalized spacial score (nSPS) is 16.6. The van der Waals surface area contributed by atoms with Gasteiger partial charge in [0.05, 0.1) is 0 Å². The number of benzene rings is 4. The Morgan fingerprint density at radius 2 is 1.46 bits per heavy atom. The van der Waals surface area contributed by atoms with E-state index in [1.807, 2.05) is 19.1 Å². The lowest BCUT2D eigenvalue weighted by Gasteiger charge is -2.32. The molecular formula is C53H70N8O9. The van der Waals surface area contributed by atoms with Crippen molar-refractivity contribution in [1.82, 2.24) is 26.2 Å². The molecule has 0 aliphatic carbocycles. The summed E-state index contributed by atoms with van der Waals surface area (Å²) in [5, 5.41) is 11.0. The SMILES string of the molecule is CCCCCCCc1ccc(C(=O)N[C@@H](CCN)C(=O)N(C)[C@@H]2C(=O)N[C@@H](C)C(=O)N[C@H](C(=O)N[C@@H](C)C(=O)Oc3ccccc3)Cc3ccc(OCCN)c(c3)-c3cc2ccc3OCCN)c(C)c1. The molecule has 4 aromatic carbocycles. The number of unbranched alkanes of at least 4 members (excludes halogenated alkanes) is 4. The Kier molecular flexibility index (Phi) is 20.7. The molecule has 0 saturated carbocycles. The molecule has 1 aliphatic rings. The Balaban J connectivity index is 1.52. The molecule has 4 aromatic rings. The third-order valence-corrected chi connectivity index (χ3v) is 12.0. The number of nitrogens with two attached hydrogens (primary N) is 3. The third-order valence-electron chi connectivity index (χ3n) is 12.0. The molecule has 17 heteroatoms. The number of nitrogens with zero attached hydrogens (tertiary/aromatic N) is 1. The summed E-state index contributed by atoms with van der Waals surface area (Å²) in [4.78, 5) is 85.7. The van der Waals surface area contributed by atoms with Crippen LogP contribution in [0.4, 0.5) is 0 Å². The maximum absolute atomic E-state index is 14.7. The number of esters is 1. The van der Waals surface area contributed by atoms with E-state index in [1.165, 1.54) is 45.1 Å². The fourth-order valence-electron chi connectivity index (χ4n) is 8.25. The number of para-hydroxylation sites is 1. The van der Waals surface area contributed by atoms with E-state index in [4.69, 9.17) is 31.4 Å². The Hall–Kier alpha value is -6.82. The molecule has 5 rings (SSSR count). The van der Waals surface area contributed by atoms with E-state index in [0.717, 1.165) is 30.4 Å². The Morgan fingerprint density at radius 1 is 0.786 bits per heavy atom. The number of ether oxygens (including phenoxy) is 3. The lowest BCUT2D eigenvalue weighted by atomic mass is 9.93. The highest BCUT2D eigenvalue weighted by molar-refractivity contribution is 6.00. The van der Waals surface area contributed by atoms with Gasteiger partial charge in [0.25, 0.3) is 5.91 Å². The molecule has 0 radical (unpaired) electrons. The molecule has 0 aromatic heterocycles. The first-order valence-electron chi connectivity index (χ1n) is 24.2. The molecule has 4 bridgehead atoms. The van der Waals surface area contributed by atoms with Crippen LogP contribution in [0.3, 0.4) is 0 Å². The van der Waals surface area contributed by atoms with Gasteiger partial charge in [-0.1, -0.05) is 75.1 Å². The fraction of sp³-hybridized carbons (Fsp3) is 0.434. The van der Waals surface area contributed by atoms with E-state index in [2.05, 4.69) is 28.2 Å². The Labute approximate surface area is 410 Å². The molecule has 5 amide bonds. The smallest absolute Gasteiger partial charge is 0.333 e. The highest BCUT2D eigenvalue weighted by Crippen LogP contribution is 2.40. The average Bonchev–Trinajstić information content (AvgIpc) is 3.34. The van der Waals surface area contributed by atoms with Gasteiger partial charge in [-0.05, 0) is 111 Å². The summed E-state index contributed by atoms with van der Waals surface area (Å²) in [5.74, 6) is -2.94. The number of carbonyl (C=O) groups is 6. The molecule has 1 heterocycles. The van der Waals surface area contributed by atoms with Crippen LogP contribution in [0.1, 0.15) is 97.9 Å². The molecule has 5 atom stereocenters. The van der Waals surface area contributed by atoms with Crippen molar-refractivity contribution < 1.29 is 43.0 Å². The molecule has 0 saturated heterocycles. The maximum Gasteiger partial charge on any atom is 0.333 e. The zero-order valence-electron chi connectivity index (χ0n) is 41.0. The highest BCUT2D eigenvalue weighted by atomic mass is 16.5. The van der Waals surface area contributed by atoms with Crippen molar-refractivity contribution in [2.24, 2.45) is 17.2 Å². The minimum Gasteiger partial charge on any atom is -0.492 e. The van der Waals surface area contributed by atoms with Gasteiger partial charge >= 0.3 is 5.97 Å². The van der Waals surface area contributed by atoms with Crippen LogP contribution in [0, 0.1) is 6.92 Å². The lowest BCUT2D eigenvalue weighted by Crippen LogP contribution is -2.57. The van der Waals surface area contributed by atoms with Gasteiger partial charge in [-0.15, -0.1) is 0 Å². The van der Waals surface area contributed by atoms with Gasteiger partial charge in [0.15, 0.2) is 0 Å². The van der Waals surface area contributed by atoms with Gasteiger partial charge in [0.2, 0.25) is 23.6 Å². The standard InChI is InChI=1S/C53H70N8O9/c1-6-7-8-9-11-14-36-17-20-40(33(2)29-36)49(63)59-43(23-24-54)52(66)61(5)47-38-19-22-46(69-28-26-56)42(32-38)41-30-37(18-21-45(41)68-27-25-55)31-44(60-48(62)34(3)57-51(47)65)50(64)58-35(4)53(67)70-39-15-12-10-13-16-39/h10,12-13,15-22,29-30,32,34-35,43-44,47H,6-9,11,14,23-28,31,54-56H2,1-5H3,(H,57,65)(H,58,64)(H,59,63)(H,60,62)/t34-,35-,43-,44-,47-/m0/s1. The van der Waals surface area contributed by atoms with Crippen molar-refractivity contribution in [3.63, 3.8) is 0 Å². The number of likely N-dealkylation sites (N-methyl/N-ethyl adjacent to an activating group) is 1. The number of fused-ring (bicyclic) bond motifs is 5. The highest BCUT2D eigenvalue weighted by Gasteiger charge is 2.36. The largest absolute Gasteiger partial charge is 0.492 e. The second kappa shape index (κ2) is 26.8. The third kappa shape index (κ3) is 14.8. The van der Waals surface area contributed by atoms with Gasteiger partial charge in [-0.3, -0.25) is 24.0 Å². The van der Waals surface area contributed by atoms with Crippen LogP contribution in [0.2, 0.25) is 0 Å². The predicted molar refractivity (Wildman–Crippen MR) is 268 cm³/mol. The molecule has 376 valence electrons. The Bertz CT molecular complexity index is 2430. The summed E-state index contributed by atoms with van der Waals surface area (Å²) in [7, 11) is 1.44.